The number of hydrogen-bond acceptors (Lipinski definition) is 15. The van der Waals surface area contributed by atoms with E-state index in [0.717, 1.165) is 36.7 Å². The molecule has 0 bridgehead atoms. The van der Waals surface area contributed by atoms with Crippen molar-refractivity contribution in [2.24, 2.45) is 5.92 Å². The Morgan fingerprint density at radius 2 is 1.34 bits per heavy atom. The molecule has 4 fully saturated rings. The molecule has 4 aliphatic rings. The van der Waals surface area contributed by atoms with Crippen LogP contribution < -0.4 is 22.0 Å². The molecule has 4 N–H and O–H groups in total. The number of benzene rings is 2. The number of halogens is 1. The van der Waals surface area contributed by atoms with Gasteiger partial charge in [0.1, 0.15) is 35.1 Å². The van der Waals surface area contributed by atoms with Gasteiger partial charge >= 0.3 is 17.5 Å². The Balaban J connectivity index is 0.000000157. The summed E-state index contributed by atoms with van der Waals surface area (Å²) in [6.07, 6.45) is 9.11. The fourth-order valence-corrected chi connectivity index (χ4v) is 9.53. The summed E-state index contributed by atoms with van der Waals surface area (Å²) in [5.74, 6) is 1.53. The van der Waals surface area contributed by atoms with Crippen molar-refractivity contribution in [3.8, 4) is 18.0 Å². The second-order valence-electron chi connectivity index (χ2n) is 19.5. The number of fused-ring (bicyclic) bond motifs is 4. The third-order valence-electron chi connectivity index (χ3n) is 13.5. The molecule has 9 heterocycles. The lowest BCUT2D eigenvalue weighted by Gasteiger charge is -2.39. The molecule has 1 aliphatic carbocycles. The van der Waals surface area contributed by atoms with Crippen molar-refractivity contribution < 1.29 is 23.4 Å². The molecule has 1 saturated carbocycles. The molecule has 0 spiro atoms. The average Bonchev–Trinajstić information content (AvgIpc) is 4.11. The number of nitrogens with zero attached hydrogens (tertiary/aromatic N) is 12. The number of aromatic amines is 2. The fourth-order valence-electron chi connectivity index (χ4n) is 9.53. The molecule has 22 nitrogen and oxygen atoms in total. The van der Waals surface area contributed by atoms with E-state index in [1.807, 2.05) is 26.8 Å². The van der Waals surface area contributed by atoms with Crippen LogP contribution in [0, 0.1) is 23.1 Å². The quantitative estimate of drug-likeness (QED) is 0.132. The Morgan fingerprint density at radius 3 is 1.89 bits per heavy atom. The molecule has 23 heteroatoms. The zero-order valence-corrected chi connectivity index (χ0v) is 39.5. The van der Waals surface area contributed by atoms with Gasteiger partial charge in [0.05, 0.1) is 33.7 Å². The normalized spacial score (nSPS) is 17.3. The molecule has 12 rings (SSSR count). The van der Waals surface area contributed by atoms with E-state index in [9.17, 15) is 24.0 Å². The van der Waals surface area contributed by atoms with Crippen molar-refractivity contribution in [3.63, 3.8) is 0 Å². The highest BCUT2D eigenvalue weighted by Crippen LogP contribution is 2.32. The van der Waals surface area contributed by atoms with E-state index in [4.69, 9.17) is 34.1 Å². The summed E-state index contributed by atoms with van der Waals surface area (Å²) in [4.78, 5) is 73.9. The van der Waals surface area contributed by atoms with E-state index in [2.05, 4.69) is 36.6 Å². The Labute approximate surface area is 404 Å². The summed E-state index contributed by atoms with van der Waals surface area (Å²) in [6.45, 7) is 9.52. The highest BCUT2D eigenvalue weighted by molar-refractivity contribution is 5.86. The number of rotatable bonds is 9. The second kappa shape index (κ2) is 18.6. The van der Waals surface area contributed by atoms with Gasteiger partial charge in [0.2, 0.25) is 11.9 Å². The summed E-state index contributed by atoms with van der Waals surface area (Å²) in [5.41, 5.74) is 4.30. The van der Waals surface area contributed by atoms with E-state index in [1.165, 1.54) is 18.6 Å². The molecule has 71 heavy (non-hydrogen) atoms. The van der Waals surface area contributed by atoms with Crippen molar-refractivity contribution in [1.29, 1.82) is 5.26 Å². The first-order valence-corrected chi connectivity index (χ1v) is 24.1. The summed E-state index contributed by atoms with van der Waals surface area (Å²) < 4.78 is 37.3. The van der Waals surface area contributed by atoms with E-state index >= 15 is 0 Å². The first kappa shape index (κ1) is 45.7. The smallest absolute Gasteiger partial charge is 0.410 e. The summed E-state index contributed by atoms with van der Waals surface area (Å²) >= 11 is 0. The van der Waals surface area contributed by atoms with Crippen molar-refractivity contribution >= 4 is 62.1 Å². The van der Waals surface area contributed by atoms with Gasteiger partial charge in [-0.25, -0.2) is 28.7 Å². The minimum atomic E-state index is -0.548. The maximum Gasteiger partial charge on any atom is 0.410 e. The largest absolute Gasteiger partial charge is 0.444 e. The van der Waals surface area contributed by atoms with Gasteiger partial charge in [-0.05, 0) is 96.0 Å². The summed E-state index contributed by atoms with van der Waals surface area (Å²) in [7, 11) is 0. The van der Waals surface area contributed by atoms with Gasteiger partial charge in [-0.2, -0.15) is 25.2 Å². The van der Waals surface area contributed by atoms with Crippen LogP contribution in [0.25, 0.3) is 56.3 Å². The van der Waals surface area contributed by atoms with E-state index < -0.39 is 11.4 Å². The lowest BCUT2D eigenvalue weighted by Crippen LogP contribution is -2.53. The highest BCUT2D eigenvalue weighted by atomic mass is 19.1. The van der Waals surface area contributed by atoms with Crippen LogP contribution in [0.2, 0.25) is 0 Å². The highest BCUT2D eigenvalue weighted by Gasteiger charge is 2.34. The number of aromatic nitrogens is 12. The molecule has 8 aromatic rings. The van der Waals surface area contributed by atoms with Crippen LogP contribution in [0.1, 0.15) is 83.4 Å². The number of anilines is 2. The summed E-state index contributed by atoms with van der Waals surface area (Å²) in [6, 6.07) is 12.1. The van der Waals surface area contributed by atoms with Crippen LogP contribution in [0.4, 0.5) is 20.8 Å². The molecule has 3 saturated heterocycles. The second-order valence-corrected chi connectivity index (χ2v) is 19.5. The minimum absolute atomic E-state index is 0.0222. The van der Waals surface area contributed by atoms with E-state index in [-0.39, 0.29) is 41.4 Å². The number of carbonyl (C=O) groups excluding carboxylic acids is 1. The van der Waals surface area contributed by atoms with Gasteiger partial charge in [0.25, 0.3) is 0 Å². The van der Waals surface area contributed by atoms with Crippen LogP contribution in [0.5, 0.6) is 0 Å². The molecular weight excluding hydrogens is 916 g/mol. The van der Waals surface area contributed by atoms with Gasteiger partial charge in [-0.1, -0.05) is 0 Å². The van der Waals surface area contributed by atoms with Gasteiger partial charge in [-0.3, -0.25) is 18.3 Å². The minimum Gasteiger partial charge on any atom is -0.444 e. The topological polar surface area (TPSA) is 259 Å². The lowest BCUT2D eigenvalue weighted by atomic mass is 9.93. The maximum absolute atomic E-state index is 14.1. The number of ether oxygens (including phenoxy) is 3. The zero-order valence-electron chi connectivity index (χ0n) is 39.5. The lowest BCUT2D eigenvalue weighted by molar-refractivity contribution is 0.000830. The molecule has 3 aliphatic heterocycles. The zero-order chi connectivity index (χ0) is 49.0. The molecule has 368 valence electrons. The summed E-state index contributed by atoms with van der Waals surface area (Å²) in [5, 5.41) is 16.2. The monoisotopic (exact) mass is 968 g/mol. The Bertz CT molecular complexity index is 3460. The number of carbonyl (C=O) groups is 1. The number of nitriles is 1. The van der Waals surface area contributed by atoms with Crippen molar-refractivity contribution in [1.82, 2.24) is 63.0 Å². The number of imidazole rings is 4. The number of nitrogens with one attached hydrogen (secondary N) is 4. The SMILES string of the molecule is CC(C)(C)OC(=O)N1CC(CNc2nc(-n3cnc4ccc(F)cc43)nc3c2[nH]c(=O)n3C2CCOCC2)C1.N#Cc1ccc2ncn(-c3nc(NC4CCC4)c4[nH]c(=O)n(C5CCOCC5)c4n3)c2c1. The van der Waals surface area contributed by atoms with Crippen LogP contribution in [0.3, 0.4) is 0 Å². The third kappa shape index (κ3) is 9.04. The van der Waals surface area contributed by atoms with Crippen molar-refractivity contribution in [2.45, 2.75) is 89.4 Å². The van der Waals surface area contributed by atoms with Crippen molar-refractivity contribution in [2.75, 3.05) is 56.7 Å². The first-order chi connectivity index (χ1) is 34.4. The number of amides is 1. The molecule has 1 amide bonds. The van der Waals surface area contributed by atoms with Crippen LogP contribution in [-0.4, -0.2) is 127 Å². The van der Waals surface area contributed by atoms with Gasteiger partial charge in [0.15, 0.2) is 22.9 Å². The molecule has 0 unspecified atom stereocenters. The van der Waals surface area contributed by atoms with Crippen LogP contribution in [-0.2, 0) is 14.2 Å². The third-order valence-corrected chi connectivity index (χ3v) is 13.5. The Morgan fingerprint density at radius 1 is 0.789 bits per heavy atom. The maximum atomic E-state index is 14.1. The number of likely N-dealkylation sites (tertiary alicyclic amines) is 1. The number of H-pyrrole nitrogens is 2. The Hall–Kier alpha value is -7.71. The molecular formula is C48H53FN16O6. The Kier molecular flexibility index (Phi) is 11.9. The molecule has 6 aromatic heterocycles. The van der Waals surface area contributed by atoms with Gasteiger partial charge < -0.3 is 39.7 Å². The van der Waals surface area contributed by atoms with E-state index in [1.54, 1.807) is 54.0 Å². The standard InChI is InChI=1S/C26H31FN8O4.C22H22N8O2/c1-26(2,3)39-25(37)33-12-15(13-33)11-28-21-20-22(35(24(36)30-20)17-6-8-38-9-7-17)32-23(31-21)34-14-29-18-5-4-16(27)10-19(18)34;23-11-13-4-5-16-17(10-13)29(12-24-16)21-27-19(25-14-2-1-3-14)18-20(28-21)30(22(31)26-18)15-6-8-32-9-7-15/h4-5,10,14-15,17H,6-9,11-13H2,1-3H3,(H,30,36)(H,28,31,32);4-5,10,12,14-15H,1-3,6-9H2,(H,26,31)(H,25,27,28). The van der Waals surface area contributed by atoms with E-state index in [0.29, 0.717) is 121 Å². The fraction of sp³-hybridized carbons (Fsp3) is 0.458. The van der Waals surface area contributed by atoms with Gasteiger partial charge in [0, 0.05) is 76.2 Å². The molecule has 0 atom stereocenters. The molecule has 0 radical (unpaired) electrons. The predicted octanol–water partition coefficient (Wildman–Crippen LogP) is 5.87. The number of hydrogen-bond donors (Lipinski definition) is 4. The van der Waals surface area contributed by atoms with Crippen molar-refractivity contribution in [3.05, 3.63) is 81.4 Å². The van der Waals surface area contributed by atoms with Crippen LogP contribution >= 0.6 is 0 Å². The predicted molar refractivity (Wildman–Crippen MR) is 259 cm³/mol. The van der Waals surface area contributed by atoms with Gasteiger partial charge in [-0.15, -0.1) is 0 Å². The average molecular weight is 969 g/mol. The van der Waals surface area contributed by atoms with Crippen LogP contribution in [0.15, 0.2) is 58.6 Å². The molecule has 2 aromatic carbocycles. The first-order valence-electron chi connectivity index (χ1n) is 24.1.